The van der Waals surface area contributed by atoms with Gasteiger partial charge in [-0.2, -0.15) is 13.2 Å². The second-order valence-corrected chi connectivity index (χ2v) is 5.31. The zero-order valence-electron chi connectivity index (χ0n) is 12.6. The highest BCUT2D eigenvalue weighted by molar-refractivity contribution is 5.95. The number of hydrogen-bond donors (Lipinski definition) is 1. The molecular weight excluding hydrogens is 331 g/mol. The molecular formula is C19H10F3NO2. The third-order valence-corrected chi connectivity index (χ3v) is 3.72. The molecule has 0 radical (unpaired) electrons. The Morgan fingerprint density at radius 1 is 1.08 bits per heavy atom. The Hall–Kier alpha value is -3.33. The average Bonchev–Trinajstić information content (AvgIpc) is 2.59. The van der Waals surface area contributed by atoms with Gasteiger partial charge in [0.2, 0.25) is 0 Å². The Morgan fingerprint density at radius 2 is 1.76 bits per heavy atom. The minimum atomic E-state index is -4.42. The summed E-state index contributed by atoms with van der Waals surface area (Å²) in [6.45, 7) is 0. The molecule has 0 amide bonds. The molecule has 0 bridgehead atoms. The fraction of sp³-hybridized carbons (Fsp3) is 0.0526. The summed E-state index contributed by atoms with van der Waals surface area (Å²) in [5.41, 5.74) is 0.959. The lowest BCUT2D eigenvalue weighted by atomic mass is 10.0. The summed E-state index contributed by atoms with van der Waals surface area (Å²) < 4.78 is 38.0. The molecule has 1 heterocycles. The van der Waals surface area contributed by atoms with Crippen molar-refractivity contribution in [2.75, 3.05) is 0 Å². The highest BCUT2D eigenvalue weighted by Crippen LogP contribution is 2.31. The number of halogens is 3. The topological polar surface area (TPSA) is 50.2 Å². The van der Waals surface area contributed by atoms with Gasteiger partial charge in [0.1, 0.15) is 0 Å². The number of pyridine rings is 1. The van der Waals surface area contributed by atoms with Gasteiger partial charge in [0.15, 0.2) is 0 Å². The molecule has 1 aromatic heterocycles. The molecule has 0 fully saturated rings. The first-order valence-corrected chi connectivity index (χ1v) is 7.12. The Kier molecular flexibility index (Phi) is 3.93. The van der Waals surface area contributed by atoms with Crippen molar-refractivity contribution < 1.29 is 23.1 Å². The van der Waals surface area contributed by atoms with Crippen molar-refractivity contribution in [3.05, 3.63) is 65.2 Å². The Balaban J connectivity index is 2.16. The van der Waals surface area contributed by atoms with Crippen LogP contribution in [0.5, 0.6) is 0 Å². The van der Waals surface area contributed by atoms with Crippen molar-refractivity contribution in [2.45, 2.75) is 6.18 Å². The maximum atomic E-state index is 12.7. The van der Waals surface area contributed by atoms with Crippen LogP contribution < -0.4 is 0 Å². The first kappa shape index (κ1) is 16.5. The van der Waals surface area contributed by atoms with Crippen LogP contribution in [0.15, 0.2) is 48.5 Å². The normalized spacial score (nSPS) is 11.3. The second-order valence-electron chi connectivity index (χ2n) is 5.31. The monoisotopic (exact) mass is 341 g/mol. The predicted molar refractivity (Wildman–Crippen MR) is 87.1 cm³/mol. The number of nitrogens with zero attached hydrogens (tertiary/aromatic N) is 1. The van der Waals surface area contributed by atoms with Gasteiger partial charge in [-0.3, -0.25) is 0 Å². The number of aromatic carboxylic acids is 1. The zero-order valence-corrected chi connectivity index (χ0v) is 12.6. The summed E-state index contributed by atoms with van der Waals surface area (Å²) in [5, 5.41) is 9.69. The molecule has 3 nitrogen and oxygen atoms in total. The SMILES string of the molecule is C#Cc1cc(-c2ccc(C(F)(F)F)cc2)nc2cc(C(=O)O)ccc12. The maximum absolute atomic E-state index is 12.7. The summed E-state index contributed by atoms with van der Waals surface area (Å²) in [7, 11) is 0. The molecule has 0 aliphatic carbocycles. The van der Waals surface area contributed by atoms with Gasteiger partial charge >= 0.3 is 12.1 Å². The smallest absolute Gasteiger partial charge is 0.416 e. The number of aromatic nitrogens is 1. The molecule has 0 aliphatic rings. The standard InChI is InChI=1S/C19H10F3NO2/c1-2-11-9-16(12-3-6-14(7-4-12)19(20,21)22)23-17-10-13(18(24)25)5-8-15(11)17/h1,3-10H,(H,24,25). The van der Waals surface area contributed by atoms with E-state index in [9.17, 15) is 18.0 Å². The van der Waals surface area contributed by atoms with Gasteiger partial charge in [0.25, 0.3) is 0 Å². The molecule has 0 saturated heterocycles. The van der Waals surface area contributed by atoms with E-state index in [4.69, 9.17) is 11.5 Å². The molecule has 124 valence electrons. The molecule has 0 atom stereocenters. The minimum absolute atomic E-state index is 0.0486. The van der Waals surface area contributed by atoms with Crippen LogP contribution in [-0.4, -0.2) is 16.1 Å². The lowest BCUT2D eigenvalue weighted by Gasteiger charge is -2.09. The fourth-order valence-electron chi connectivity index (χ4n) is 2.46. The second kappa shape index (κ2) is 5.95. The third kappa shape index (κ3) is 3.17. The third-order valence-electron chi connectivity index (χ3n) is 3.72. The van der Waals surface area contributed by atoms with Crippen molar-refractivity contribution in [3.63, 3.8) is 0 Å². The van der Waals surface area contributed by atoms with E-state index in [1.165, 1.54) is 24.3 Å². The first-order valence-electron chi connectivity index (χ1n) is 7.12. The molecule has 0 spiro atoms. The van der Waals surface area contributed by atoms with Crippen LogP contribution in [0.1, 0.15) is 21.5 Å². The zero-order chi connectivity index (χ0) is 18.2. The van der Waals surface area contributed by atoms with E-state index in [2.05, 4.69) is 10.9 Å². The van der Waals surface area contributed by atoms with E-state index in [1.54, 1.807) is 12.1 Å². The van der Waals surface area contributed by atoms with E-state index >= 15 is 0 Å². The van der Waals surface area contributed by atoms with E-state index < -0.39 is 17.7 Å². The van der Waals surface area contributed by atoms with Crippen LogP contribution in [0, 0.1) is 12.3 Å². The van der Waals surface area contributed by atoms with Crippen molar-refractivity contribution in [3.8, 4) is 23.6 Å². The molecule has 1 N–H and O–H groups in total. The summed E-state index contributed by atoms with van der Waals surface area (Å²) in [6.07, 6.45) is 1.08. The molecule has 3 aromatic rings. The Morgan fingerprint density at radius 3 is 2.32 bits per heavy atom. The molecule has 0 aliphatic heterocycles. The number of carboxylic acids is 1. The van der Waals surface area contributed by atoms with Crippen molar-refractivity contribution in [1.82, 2.24) is 4.98 Å². The van der Waals surface area contributed by atoms with E-state index in [-0.39, 0.29) is 5.56 Å². The molecule has 25 heavy (non-hydrogen) atoms. The van der Waals surface area contributed by atoms with Gasteiger partial charge in [0, 0.05) is 16.5 Å². The summed E-state index contributed by atoms with van der Waals surface area (Å²) >= 11 is 0. The number of carbonyl (C=O) groups is 1. The van der Waals surface area contributed by atoms with E-state index in [0.717, 1.165) is 12.1 Å². The molecule has 6 heteroatoms. The lowest BCUT2D eigenvalue weighted by Crippen LogP contribution is -2.04. The van der Waals surface area contributed by atoms with Crippen LogP contribution in [-0.2, 0) is 6.18 Å². The summed E-state index contributed by atoms with van der Waals surface area (Å²) in [5.74, 6) is 1.39. The van der Waals surface area contributed by atoms with Crippen LogP contribution in [0.4, 0.5) is 13.2 Å². The number of hydrogen-bond acceptors (Lipinski definition) is 2. The van der Waals surface area contributed by atoms with Gasteiger partial charge in [-0.05, 0) is 30.3 Å². The maximum Gasteiger partial charge on any atom is 0.416 e. The minimum Gasteiger partial charge on any atom is -0.478 e. The number of rotatable bonds is 2. The van der Waals surface area contributed by atoms with Gasteiger partial charge in [-0.1, -0.05) is 24.1 Å². The summed E-state index contributed by atoms with van der Waals surface area (Å²) in [6, 6.07) is 10.5. The van der Waals surface area contributed by atoms with Gasteiger partial charge < -0.3 is 5.11 Å². The largest absolute Gasteiger partial charge is 0.478 e. The van der Waals surface area contributed by atoms with Crippen molar-refractivity contribution >= 4 is 16.9 Å². The lowest BCUT2D eigenvalue weighted by molar-refractivity contribution is -0.137. The fourth-order valence-corrected chi connectivity index (χ4v) is 2.46. The number of carboxylic acid groups (broad SMARTS) is 1. The summed E-state index contributed by atoms with van der Waals surface area (Å²) in [4.78, 5) is 15.5. The molecule has 0 saturated carbocycles. The number of terminal acetylenes is 1. The first-order chi connectivity index (χ1) is 11.8. The molecule has 3 rings (SSSR count). The van der Waals surface area contributed by atoms with E-state index in [1.807, 2.05) is 0 Å². The predicted octanol–water partition coefficient (Wildman–Crippen LogP) is 4.60. The highest BCUT2D eigenvalue weighted by atomic mass is 19.4. The number of benzene rings is 2. The van der Waals surface area contributed by atoms with Crippen LogP contribution in [0.2, 0.25) is 0 Å². The van der Waals surface area contributed by atoms with E-state index in [0.29, 0.717) is 27.7 Å². The molecule has 0 unspecified atom stereocenters. The number of fused-ring (bicyclic) bond motifs is 1. The van der Waals surface area contributed by atoms with Gasteiger partial charge in [0.05, 0.1) is 22.3 Å². The van der Waals surface area contributed by atoms with Crippen LogP contribution >= 0.6 is 0 Å². The van der Waals surface area contributed by atoms with Gasteiger partial charge in [-0.15, -0.1) is 6.42 Å². The van der Waals surface area contributed by atoms with Gasteiger partial charge in [-0.25, -0.2) is 9.78 Å². The highest BCUT2D eigenvalue weighted by Gasteiger charge is 2.30. The Bertz CT molecular complexity index is 1020. The van der Waals surface area contributed by atoms with Crippen molar-refractivity contribution in [2.24, 2.45) is 0 Å². The van der Waals surface area contributed by atoms with Crippen molar-refractivity contribution in [1.29, 1.82) is 0 Å². The number of alkyl halides is 3. The Labute approximate surface area is 140 Å². The van der Waals surface area contributed by atoms with Crippen LogP contribution in [0.3, 0.4) is 0 Å². The van der Waals surface area contributed by atoms with Crippen LogP contribution in [0.25, 0.3) is 22.2 Å². The quantitative estimate of drug-likeness (QED) is 0.693. The molecule has 2 aromatic carbocycles. The average molecular weight is 341 g/mol.